The first kappa shape index (κ1) is 17.5. The van der Waals surface area contributed by atoms with Crippen molar-refractivity contribution in [2.24, 2.45) is 5.92 Å². The molecule has 1 aliphatic rings. The zero-order valence-electron chi connectivity index (χ0n) is 17.4. The topological polar surface area (TPSA) is 13.1 Å². The highest BCUT2D eigenvalue weighted by Gasteiger charge is 2.20. The van der Waals surface area contributed by atoms with Gasteiger partial charge in [-0.2, -0.15) is 0 Å². The summed E-state index contributed by atoms with van der Waals surface area (Å²) in [5, 5.41) is 2.36. The van der Waals surface area contributed by atoms with Crippen LogP contribution in [0.1, 0.15) is 30.5 Å². The molecule has 0 saturated heterocycles. The molecule has 1 aromatic heterocycles. The minimum atomic E-state index is 0.668. The van der Waals surface area contributed by atoms with Gasteiger partial charge >= 0.3 is 0 Å². The third-order valence-corrected chi connectivity index (χ3v) is 6.31. The average molecular weight is 389 g/mol. The first-order valence-corrected chi connectivity index (χ1v) is 10.8. The van der Waals surface area contributed by atoms with Crippen molar-refractivity contribution in [2.45, 2.75) is 26.7 Å². The SMILES string of the molecule is CC(C)Cc1ccc2c(c1)-c1cc(-c3cccc4c3oc3ccccc34)ccc1C2. The summed E-state index contributed by atoms with van der Waals surface area (Å²) in [7, 11) is 0. The van der Waals surface area contributed by atoms with Crippen LogP contribution in [0, 0.1) is 5.92 Å². The van der Waals surface area contributed by atoms with E-state index >= 15 is 0 Å². The van der Waals surface area contributed by atoms with E-state index in [9.17, 15) is 0 Å². The first-order chi connectivity index (χ1) is 14.7. The van der Waals surface area contributed by atoms with Crippen molar-refractivity contribution < 1.29 is 4.42 Å². The molecule has 0 unspecified atom stereocenters. The van der Waals surface area contributed by atoms with E-state index in [-0.39, 0.29) is 0 Å². The molecule has 0 bridgehead atoms. The number of para-hydroxylation sites is 2. The molecule has 5 aromatic rings. The van der Waals surface area contributed by atoms with Gasteiger partial charge < -0.3 is 4.42 Å². The zero-order valence-corrected chi connectivity index (χ0v) is 17.4. The summed E-state index contributed by atoms with van der Waals surface area (Å²) in [4.78, 5) is 0. The van der Waals surface area contributed by atoms with E-state index in [1.54, 1.807) is 0 Å². The van der Waals surface area contributed by atoms with E-state index in [4.69, 9.17) is 4.42 Å². The third kappa shape index (κ3) is 2.69. The number of hydrogen-bond donors (Lipinski definition) is 0. The highest BCUT2D eigenvalue weighted by molar-refractivity contribution is 6.09. The van der Waals surface area contributed by atoms with Crippen LogP contribution < -0.4 is 0 Å². The Labute approximate surface area is 177 Å². The predicted molar refractivity (Wildman–Crippen MR) is 126 cm³/mol. The van der Waals surface area contributed by atoms with Crippen LogP contribution in [0.15, 0.2) is 83.3 Å². The van der Waals surface area contributed by atoms with Crippen molar-refractivity contribution in [3.8, 4) is 22.3 Å². The fourth-order valence-corrected chi connectivity index (χ4v) is 4.96. The average Bonchev–Trinajstić information content (AvgIpc) is 3.31. The number of benzene rings is 4. The minimum absolute atomic E-state index is 0.668. The minimum Gasteiger partial charge on any atom is -0.455 e. The molecule has 4 aromatic carbocycles. The lowest BCUT2D eigenvalue weighted by Crippen LogP contribution is -1.94. The van der Waals surface area contributed by atoms with Crippen LogP contribution in [0.3, 0.4) is 0 Å². The van der Waals surface area contributed by atoms with Gasteiger partial charge in [0, 0.05) is 16.3 Å². The molecule has 1 aliphatic carbocycles. The zero-order chi connectivity index (χ0) is 20.2. The smallest absolute Gasteiger partial charge is 0.143 e. The number of furan rings is 1. The number of fused-ring (bicyclic) bond motifs is 6. The summed E-state index contributed by atoms with van der Waals surface area (Å²) in [5.41, 5.74) is 11.4. The molecule has 0 aliphatic heterocycles. The van der Waals surface area contributed by atoms with Gasteiger partial charge in [-0.3, -0.25) is 0 Å². The van der Waals surface area contributed by atoms with Gasteiger partial charge in [-0.15, -0.1) is 0 Å². The normalized spacial score (nSPS) is 12.6. The first-order valence-electron chi connectivity index (χ1n) is 10.8. The molecule has 0 amide bonds. The Morgan fingerprint density at radius 3 is 2.37 bits per heavy atom. The summed E-state index contributed by atoms with van der Waals surface area (Å²) >= 11 is 0. The second-order valence-electron chi connectivity index (χ2n) is 8.92. The Morgan fingerprint density at radius 2 is 1.50 bits per heavy atom. The van der Waals surface area contributed by atoms with Crippen molar-refractivity contribution in [1.29, 1.82) is 0 Å². The van der Waals surface area contributed by atoms with Crippen molar-refractivity contribution in [1.82, 2.24) is 0 Å². The van der Waals surface area contributed by atoms with Crippen LogP contribution in [-0.4, -0.2) is 0 Å². The van der Waals surface area contributed by atoms with Gasteiger partial charge in [0.05, 0.1) is 0 Å². The number of hydrogen-bond acceptors (Lipinski definition) is 1. The van der Waals surface area contributed by atoms with Crippen molar-refractivity contribution in [3.05, 3.63) is 95.6 Å². The van der Waals surface area contributed by atoms with Crippen LogP contribution in [-0.2, 0) is 12.8 Å². The van der Waals surface area contributed by atoms with Gasteiger partial charge in [0.1, 0.15) is 11.2 Å². The molecular formula is C29H24O. The Balaban J connectivity index is 1.51. The maximum absolute atomic E-state index is 6.29. The second-order valence-corrected chi connectivity index (χ2v) is 8.92. The van der Waals surface area contributed by atoms with E-state index in [0.29, 0.717) is 5.92 Å². The quantitative estimate of drug-likeness (QED) is 0.299. The van der Waals surface area contributed by atoms with Crippen molar-refractivity contribution in [3.63, 3.8) is 0 Å². The molecule has 0 spiro atoms. The summed E-state index contributed by atoms with van der Waals surface area (Å²) in [6.07, 6.45) is 2.16. The van der Waals surface area contributed by atoms with Gasteiger partial charge in [0.15, 0.2) is 0 Å². The largest absolute Gasteiger partial charge is 0.455 e. The summed E-state index contributed by atoms with van der Waals surface area (Å²) in [6.45, 7) is 4.57. The maximum atomic E-state index is 6.29. The highest BCUT2D eigenvalue weighted by atomic mass is 16.3. The summed E-state index contributed by atoms with van der Waals surface area (Å²) in [6, 6.07) is 28.7. The van der Waals surface area contributed by atoms with Gasteiger partial charge in [-0.1, -0.05) is 80.6 Å². The lowest BCUT2D eigenvalue weighted by Gasteiger charge is -2.09. The Bertz CT molecular complexity index is 1420. The second kappa shape index (κ2) is 6.60. The van der Waals surface area contributed by atoms with E-state index < -0.39 is 0 Å². The molecule has 0 fully saturated rings. The predicted octanol–water partition coefficient (Wildman–Crippen LogP) is 8.02. The molecule has 30 heavy (non-hydrogen) atoms. The molecule has 0 N–H and O–H groups in total. The molecule has 1 heteroatoms. The fourth-order valence-electron chi connectivity index (χ4n) is 4.96. The van der Waals surface area contributed by atoms with Gasteiger partial charge in [0.25, 0.3) is 0 Å². The van der Waals surface area contributed by atoms with Crippen LogP contribution >= 0.6 is 0 Å². The number of rotatable bonds is 3. The Kier molecular flexibility index (Phi) is 3.86. The maximum Gasteiger partial charge on any atom is 0.143 e. The molecule has 1 nitrogen and oxygen atoms in total. The molecule has 146 valence electrons. The standard InChI is InChI=1S/C29H24O/c1-18(2)14-19-10-11-20-16-21-12-13-22(17-27(21)26(20)15-19)23-7-5-8-25-24-6-3-4-9-28(24)30-29(23)25/h3-13,15,17-18H,14,16H2,1-2H3. The van der Waals surface area contributed by atoms with E-state index in [2.05, 4.69) is 80.6 Å². The van der Waals surface area contributed by atoms with E-state index in [1.165, 1.54) is 49.7 Å². The van der Waals surface area contributed by atoms with Crippen molar-refractivity contribution >= 4 is 21.9 Å². The van der Waals surface area contributed by atoms with E-state index in [0.717, 1.165) is 24.0 Å². The van der Waals surface area contributed by atoms with E-state index in [1.807, 2.05) is 12.1 Å². The van der Waals surface area contributed by atoms with Gasteiger partial charge in [-0.25, -0.2) is 0 Å². The Morgan fingerprint density at radius 1 is 0.733 bits per heavy atom. The monoisotopic (exact) mass is 388 g/mol. The molecule has 0 saturated carbocycles. The molecule has 0 radical (unpaired) electrons. The van der Waals surface area contributed by atoms with Gasteiger partial charge in [0.2, 0.25) is 0 Å². The highest BCUT2D eigenvalue weighted by Crippen LogP contribution is 2.42. The van der Waals surface area contributed by atoms with Gasteiger partial charge in [-0.05, 0) is 64.3 Å². The van der Waals surface area contributed by atoms with Crippen LogP contribution in [0.5, 0.6) is 0 Å². The molecule has 1 heterocycles. The van der Waals surface area contributed by atoms with Crippen LogP contribution in [0.4, 0.5) is 0 Å². The molecule has 0 atom stereocenters. The lowest BCUT2D eigenvalue weighted by molar-refractivity contribution is 0.647. The molecule has 6 rings (SSSR count). The van der Waals surface area contributed by atoms with Crippen LogP contribution in [0.2, 0.25) is 0 Å². The van der Waals surface area contributed by atoms with Crippen molar-refractivity contribution in [2.75, 3.05) is 0 Å². The molecular weight excluding hydrogens is 364 g/mol. The Hall–Kier alpha value is -3.32. The summed E-state index contributed by atoms with van der Waals surface area (Å²) < 4.78 is 6.29. The summed E-state index contributed by atoms with van der Waals surface area (Å²) in [5.74, 6) is 0.668. The fraction of sp³-hybridized carbons (Fsp3) is 0.172. The lowest BCUT2D eigenvalue weighted by atomic mass is 9.95. The third-order valence-electron chi connectivity index (χ3n) is 6.31. The van der Waals surface area contributed by atoms with Crippen LogP contribution in [0.25, 0.3) is 44.2 Å².